The first-order valence-electron chi connectivity index (χ1n) is 4.49. The molecule has 1 amide bonds. The van der Waals surface area contributed by atoms with Crippen molar-refractivity contribution in [2.24, 2.45) is 0 Å². The molecule has 0 fully saturated rings. The third kappa shape index (κ3) is 3.32. The summed E-state index contributed by atoms with van der Waals surface area (Å²) in [7, 11) is 0. The summed E-state index contributed by atoms with van der Waals surface area (Å²) in [5.41, 5.74) is 0.500. The molecule has 0 aliphatic carbocycles. The number of amides is 1. The summed E-state index contributed by atoms with van der Waals surface area (Å²) in [6.45, 7) is 2.27. The van der Waals surface area contributed by atoms with E-state index in [1.54, 1.807) is 6.07 Å². The molecule has 15 heavy (non-hydrogen) atoms. The van der Waals surface area contributed by atoms with Crippen molar-refractivity contribution >= 4 is 23.2 Å². The normalized spacial score (nSPS) is 9.73. The van der Waals surface area contributed by atoms with E-state index in [-0.39, 0.29) is 17.5 Å². The molecular weight excluding hydrogens is 218 g/mol. The van der Waals surface area contributed by atoms with Gasteiger partial charge < -0.3 is 15.2 Å². The van der Waals surface area contributed by atoms with Gasteiger partial charge in [-0.3, -0.25) is 4.79 Å². The summed E-state index contributed by atoms with van der Waals surface area (Å²) in [4.78, 5) is 11.1. The maximum atomic E-state index is 11.1. The van der Waals surface area contributed by atoms with Crippen LogP contribution in [0, 0.1) is 0 Å². The first kappa shape index (κ1) is 11.7. The Morgan fingerprint density at radius 2 is 2.33 bits per heavy atom. The molecule has 4 nitrogen and oxygen atoms in total. The molecule has 82 valence electrons. The zero-order chi connectivity index (χ0) is 11.3. The molecule has 1 rings (SSSR count). The van der Waals surface area contributed by atoms with E-state index in [2.05, 4.69) is 5.32 Å². The van der Waals surface area contributed by atoms with E-state index in [0.717, 1.165) is 0 Å². The summed E-state index contributed by atoms with van der Waals surface area (Å²) < 4.78 is 5.25. The molecule has 0 radical (unpaired) electrons. The number of ether oxygens (including phenoxy) is 1. The van der Waals surface area contributed by atoms with Gasteiger partial charge in [-0.1, -0.05) is 0 Å². The van der Waals surface area contributed by atoms with Crippen LogP contribution in [-0.4, -0.2) is 23.5 Å². The van der Waals surface area contributed by atoms with Crippen molar-refractivity contribution in [1.82, 2.24) is 0 Å². The number of phenolic OH excluding ortho intramolecular Hbond substituents is 1. The van der Waals surface area contributed by atoms with E-state index in [9.17, 15) is 9.90 Å². The minimum Gasteiger partial charge on any atom is -0.508 e. The fourth-order valence-electron chi connectivity index (χ4n) is 1.07. The minimum absolute atomic E-state index is 0.0855. The number of alkyl halides is 1. The maximum absolute atomic E-state index is 11.1. The Morgan fingerprint density at radius 1 is 1.60 bits per heavy atom. The summed E-state index contributed by atoms with van der Waals surface area (Å²) in [6, 6.07) is 4.46. The van der Waals surface area contributed by atoms with Crippen LogP contribution in [0.2, 0.25) is 0 Å². The van der Waals surface area contributed by atoms with Gasteiger partial charge in [0.25, 0.3) is 0 Å². The minimum atomic E-state index is -0.316. The number of carbonyl (C=O) groups is 1. The predicted molar refractivity (Wildman–Crippen MR) is 58.6 cm³/mol. The molecule has 0 saturated heterocycles. The monoisotopic (exact) mass is 229 g/mol. The topological polar surface area (TPSA) is 58.6 Å². The molecule has 0 saturated carbocycles. The van der Waals surface area contributed by atoms with Crippen LogP contribution >= 0.6 is 11.6 Å². The van der Waals surface area contributed by atoms with Crippen molar-refractivity contribution in [3.05, 3.63) is 18.2 Å². The zero-order valence-electron chi connectivity index (χ0n) is 8.29. The third-order valence-electron chi connectivity index (χ3n) is 1.66. The molecule has 0 atom stereocenters. The lowest BCUT2D eigenvalue weighted by atomic mass is 10.2. The average molecular weight is 230 g/mol. The molecule has 0 unspecified atom stereocenters. The highest BCUT2D eigenvalue weighted by Gasteiger charge is 2.07. The van der Waals surface area contributed by atoms with E-state index in [0.29, 0.717) is 18.0 Å². The quantitative estimate of drug-likeness (QED) is 0.613. The van der Waals surface area contributed by atoms with Gasteiger partial charge in [-0.2, -0.15) is 0 Å². The number of rotatable bonds is 4. The van der Waals surface area contributed by atoms with Crippen LogP contribution in [0.15, 0.2) is 18.2 Å². The fraction of sp³-hybridized carbons (Fsp3) is 0.300. The number of aromatic hydroxyl groups is 1. The van der Waals surface area contributed by atoms with Gasteiger partial charge in [0.1, 0.15) is 17.4 Å². The summed E-state index contributed by atoms with van der Waals surface area (Å²) in [5, 5.41) is 11.8. The molecule has 0 heterocycles. The lowest BCUT2D eigenvalue weighted by Crippen LogP contribution is -2.13. The van der Waals surface area contributed by atoms with Crippen molar-refractivity contribution in [2.45, 2.75) is 6.92 Å². The van der Waals surface area contributed by atoms with Crippen molar-refractivity contribution in [3.8, 4) is 11.5 Å². The van der Waals surface area contributed by atoms with E-state index in [1.807, 2.05) is 6.92 Å². The zero-order valence-corrected chi connectivity index (χ0v) is 9.04. The number of hydrogen-bond donors (Lipinski definition) is 2. The molecular formula is C10H12ClNO3. The second-order valence-corrected chi connectivity index (χ2v) is 3.06. The largest absolute Gasteiger partial charge is 0.508 e. The number of carbonyl (C=O) groups excluding carboxylic acids is 1. The van der Waals surface area contributed by atoms with E-state index in [4.69, 9.17) is 16.3 Å². The summed E-state index contributed by atoms with van der Waals surface area (Å²) in [5.74, 6) is 0.0773. The van der Waals surface area contributed by atoms with Gasteiger partial charge in [-0.25, -0.2) is 0 Å². The number of hydrogen-bond acceptors (Lipinski definition) is 3. The van der Waals surface area contributed by atoms with Crippen LogP contribution in [0.3, 0.4) is 0 Å². The van der Waals surface area contributed by atoms with Crippen LogP contribution in [-0.2, 0) is 4.79 Å². The highest BCUT2D eigenvalue weighted by Crippen LogP contribution is 2.28. The van der Waals surface area contributed by atoms with Gasteiger partial charge in [-0.15, -0.1) is 11.6 Å². The Balaban J connectivity index is 2.89. The van der Waals surface area contributed by atoms with Crippen molar-refractivity contribution in [1.29, 1.82) is 0 Å². The fourth-order valence-corrected chi connectivity index (χ4v) is 1.14. The van der Waals surface area contributed by atoms with Crippen LogP contribution in [0.1, 0.15) is 6.92 Å². The Bertz CT molecular complexity index is 355. The van der Waals surface area contributed by atoms with Gasteiger partial charge in [-0.05, 0) is 19.1 Å². The number of halogens is 1. The van der Waals surface area contributed by atoms with Gasteiger partial charge in [0.05, 0.1) is 12.3 Å². The van der Waals surface area contributed by atoms with Crippen molar-refractivity contribution < 1.29 is 14.6 Å². The Hall–Kier alpha value is -1.42. The molecule has 0 aliphatic rings. The van der Waals surface area contributed by atoms with E-state index in [1.165, 1.54) is 12.1 Å². The number of benzene rings is 1. The second kappa shape index (κ2) is 5.46. The predicted octanol–water partition coefficient (Wildman–Crippen LogP) is 1.97. The first-order valence-corrected chi connectivity index (χ1v) is 5.02. The van der Waals surface area contributed by atoms with Gasteiger partial charge >= 0.3 is 0 Å². The van der Waals surface area contributed by atoms with Crippen LogP contribution in [0.5, 0.6) is 11.5 Å². The molecule has 2 N–H and O–H groups in total. The second-order valence-electron chi connectivity index (χ2n) is 2.80. The molecule has 0 spiro atoms. The smallest absolute Gasteiger partial charge is 0.239 e. The Kier molecular flexibility index (Phi) is 4.24. The molecule has 0 aromatic heterocycles. The lowest BCUT2D eigenvalue weighted by molar-refractivity contribution is -0.113. The van der Waals surface area contributed by atoms with Gasteiger partial charge in [0.2, 0.25) is 5.91 Å². The molecule has 1 aromatic rings. The first-order chi connectivity index (χ1) is 7.17. The summed E-state index contributed by atoms with van der Waals surface area (Å²) in [6.07, 6.45) is 0. The lowest BCUT2D eigenvalue weighted by Gasteiger charge is -2.10. The molecule has 0 aliphatic heterocycles. The number of phenols is 1. The third-order valence-corrected chi connectivity index (χ3v) is 1.90. The SMILES string of the molecule is CCOc1cc(O)ccc1NC(=O)CCl. The number of anilines is 1. The average Bonchev–Trinajstić information content (AvgIpc) is 2.22. The number of nitrogens with one attached hydrogen (secondary N) is 1. The van der Waals surface area contributed by atoms with Crippen LogP contribution in [0.25, 0.3) is 0 Å². The van der Waals surface area contributed by atoms with Crippen molar-refractivity contribution in [3.63, 3.8) is 0 Å². The van der Waals surface area contributed by atoms with Crippen LogP contribution in [0.4, 0.5) is 5.69 Å². The highest BCUT2D eigenvalue weighted by atomic mass is 35.5. The molecule has 0 bridgehead atoms. The molecule has 1 aromatic carbocycles. The summed E-state index contributed by atoms with van der Waals surface area (Å²) >= 11 is 5.36. The Morgan fingerprint density at radius 3 is 2.93 bits per heavy atom. The standard InChI is InChI=1S/C10H12ClNO3/c1-2-15-9-5-7(13)3-4-8(9)12-10(14)6-11/h3-5,13H,2,6H2,1H3,(H,12,14). The van der Waals surface area contributed by atoms with Gasteiger partial charge in [0.15, 0.2) is 0 Å². The van der Waals surface area contributed by atoms with Gasteiger partial charge in [0, 0.05) is 6.07 Å². The highest BCUT2D eigenvalue weighted by molar-refractivity contribution is 6.29. The maximum Gasteiger partial charge on any atom is 0.239 e. The van der Waals surface area contributed by atoms with Crippen LogP contribution < -0.4 is 10.1 Å². The van der Waals surface area contributed by atoms with E-state index >= 15 is 0 Å². The molecule has 5 heteroatoms. The van der Waals surface area contributed by atoms with Crippen molar-refractivity contribution in [2.75, 3.05) is 17.8 Å². The Labute approximate surface area is 92.8 Å². The van der Waals surface area contributed by atoms with E-state index < -0.39 is 0 Å².